The summed E-state index contributed by atoms with van der Waals surface area (Å²) in [6.07, 6.45) is -1.64. The van der Waals surface area contributed by atoms with Crippen molar-refractivity contribution in [2.45, 2.75) is 18.2 Å². The monoisotopic (exact) mass is 162 g/mol. The Bertz CT molecular complexity index is 58.0. The van der Waals surface area contributed by atoms with Gasteiger partial charge in [0, 0.05) is 5.88 Å². The highest BCUT2D eigenvalue weighted by atomic mass is 35.5. The lowest BCUT2D eigenvalue weighted by Gasteiger charge is -2.02. The van der Waals surface area contributed by atoms with Crippen LogP contribution in [0.4, 0.5) is 8.78 Å². The van der Waals surface area contributed by atoms with E-state index in [0.29, 0.717) is 0 Å². The predicted octanol–water partition coefficient (Wildman–Crippen LogP) is 2.49. The van der Waals surface area contributed by atoms with Crippen LogP contribution in [0.5, 0.6) is 0 Å². The Morgan fingerprint density at radius 1 is 1.38 bits per heavy atom. The van der Waals surface area contributed by atoms with Gasteiger partial charge in [0.25, 0.3) is 0 Å². The lowest BCUT2D eigenvalue weighted by Crippen LogP contribution is -2.10. The van der Waals surface area contributed by atoms with Crippen LogP contribution in [0.2, 0.25) is 0 Å². The smallest absolute Gasteiger partial charge is 0.204 e. The fourth-order valence-electron chi connectivity index (χ4n) is 0.230. The van der Waals surface area contributed by atoms with Gasteiger partial charge in [0.1, 0.15) is 6.17 Å². The van der Waals surface area contributed by atoms with E-state index in [1.807, 2.05) is 0 Å². The van der Waals surface area contributed by atoms with Crippen LogP contribution in [0.3, 0.4) is 0 Å². The zero-order valence-electron chi connectivity index (χ0n) is 4.08. The Labute approximate surface area is 56.8 Å². The third kappa shape index (κ3) is 3.44. The zero-order valence-corrected chi connectivity index (χ0v) is 5.59. The third-order valence-corrected chi connectivity index (χ3v) is 1.15. The van der Waals surface area contributed by atoms with E-state index in [4.69, 9.17) is 23.2 Å². The fraction of sp³-hybridized carbons (Fsp3) is 1.00. The van der Waals surface area contributed by atoms with Gasteiger partial charge in [-0.15, -0.1) is 11.6 Å². The topological polar surface area (TPSA) is 0 Å². The molecule has 0 amide bonds. The van der Waals surface area contributed by atoms with E-state index in [9.17, 15) is 8.78 Å². The molecule has 0 fully saturated rings. The van der Waals surface area contributed by atoms with Gasteiger partial charge < -0.3 is 0 Å². The first-order chi connectivity index (χ1) is 3.68. The summed E-state index contributed by atoms with van der Waals surface area (Å²) in [6.45, 7) is 0. The van der Waals surface area contributed by atoms with Crippen molar-refractivity contribution in [1.29, 1.82) is 0 Å². The number of rotatable bonds is 3. The normalized spacial score (nSPS) is 18.0. The molecule has 0 aliphatic heterocycles. The van der Waals surface area contributed by atoms with E-state index >= 15 is 0 Å². The molecule has 0 heterocycles. The average Bonchev–Trinajstić information content (AvgIpc) is 1.67. The van der Waals surface area contributed by atoms with Gasteiger partial charge in [0.15, 0.2) is 0 Å². The van der Waals surface area contributed by atoms with E-state index in [0.717, 1.165) is 0 Å². The van der Waals surface area contributed by atoms with Gasteiger partial charge in [-0.1, -0.05) is 11.6 Å². The van der Waals surface area contributed by atoms with Crippen LogP contribution in [0, 0.1) is 0 Å². The summed E-state index contributed by atoms with van der Waals surface area (Å²) in [6, 6.07) is 0. The summed E-state index contributed by atoms with van der Waals surface area (Å²) in [5.41, 5.74) is -1.91. The van der Waals surface area contributed by atoms with E-state index in [1.54, 1.807) is 0 Å². The van der Waals surface area contributed by atoms with E-state index in [1.165, 1.54) is 0 Å². The number of alkyl halides is 4. The molecular weight excluding hydrogens is 157 g/mol. The average molecular weight is 163 g/mol. The van der Waals surface area contributed by atoms with Gasteiger partial charge in [-0.2, -0.15) is 0 Å². The molecule has 0 spiro atoms. The van der Waals surface area contributed by atoms with Crippen LogP contribution in [-0.4, -0.2) is 17.7 Å². The number of hydrogen-bond donors (Lipinski definition) is 0. The summed E-state index contributed by atoms with van der Waals surface area (Å²) in [5, 5.41) is 0. The molecule has 0 bridgehead atoms. The summed E-state index contributed by atoms with van der Waals surface area (Å²) in [4.78, 5) is 0. The summed E-state index contributed by atoms with van der Waals surface area (Å²) >= 11 is 9.78. The van der Waals surface area contributed by atoms with Crippen molar-refractivity contribution in [1.82, 2.24) is 0 Å². The van der Waals surface area contributed by atoms with Crippen molar-refractivity contribution in [2.24, 2.45) is 0 Å². The zero-order chi connectivity index (χ0) is 6.57. The van der Waals surface area contributed by atoms with Crippen LogP contribution in [0.1, 0.15) is 6.42 Å². The lowest BCUT2D eigenvalue weighted by molar-refractivity contribution is 0.225. The molecule has 50 valence electrons. The summed E-state index contributed by atoms with van der Waals surface area (Å²) in [7, 11) is 0. The maximum absolute atomic E-state index is 11.9. The fourth-order valence-corrected chi connectivity index (χ4v) is 0.565. The molecule has 2 atom stereocenters. The Morgan fingerprint density at radius 2 is 1.88 bits per heavy atom. The van der Waals surface area contributed by atoms with Crippen LogP contribution >= 0.6 is 23.2 Å². The molecular formula is C4H6Cl2F2. The molecule has 0 aliphatic carbocycles. The van der Waals surface area contributed by atoms with Gasteiger partial charge in [0.05, 0.1) is 0 Å². The molecule has 0 saturated heterocycles. The van der Waals surface area contributed by atoms with Crippen LogP contribution in [0.15, 0.2) is 0 Å². The Balaban J connectivity index is 3.17. The van der Waals surface area contributed by atoms with E-state index < -0.39 is 11.8 Å². The maximum Gasteiger partial charge on any atom is 0.204 e. The SMILES string of the molecule is FC(Cl)C(F)CCCl. The van der Waals surface area contributed by atoms with Crippen molar-refractivity contribution < 1.29 is 8.78 Å². The van der Waals surface area contributed by atoms with Gasteiger partial charge >= 0.3 is 0 Å². The molecule has 0 aliphatic rings. The first kappa shape index (κ1) is 8.44. The summed E-state index contributed by atoms with van der Waals surface area (Å²) in [5.74, 6) is 0.105. The second kappa shape index (κ2) is 4.33. The maximum atomic E-state index is 11.9. The summed E-state index contributed by atoms with van der Waals surface area (Å²) < 4.78 is 23.5. The minimum Gasteiger partial charge on any atom is -0.243 e. The lowest BCUT2D eigenvalue weighted by atomic mass is 10.3. The molecule has 0 saturated carbocycles. The van der Waals surface area contributed by atoms with Crippen molar-refractivity contribution in [2.75, 3.05) is 5.88 Å². The molecule has 4 heteroatoms. The largest absolute Gasteiger partial charge is 0.243 e. The Kier molecular flexibility index (Phi) is 4.57. The Hall–Kier alpha value is 0.440. The van der Waals surface area contributed by atoms with Crippen LogP contribution in [-0.2, 0) is 0 Å². The first-order valence-electron chi connectivity index (χ1n) is 2.16. The molecule has 0 aromatic heterocycles. The second-order valence-corrected chi connectivity index (χ2v) is 2.12. The third-order valence-electron chi connectivity index (χ3n) is 0.658. The standard InChI is InChI=1S/C4H6Cl2F2/c5-2-1-3(7)4(6)8/h3-4H,1-2H2. The minimum absolute atomic E-state index is 0.0216. The van der Waals surface area contributed by atoms with Gasteiger partial charge in [0.2, 0.25) is 5.63 Å². The highest BCUT2D eigenvalue weighted by Crippen LogP contribution is 2.11. The number of hydrogen-bond acceptors (Lipinski definition) is 0. The van der Waals surface area contributed by atoms with Crippen LogP contribution < -0.4 is 0 Å². The molecule has 0 radical (unpaired) electrons. The minimum atomic E-state index is -1.91. The van der Waals surface area contributed by atoms with Gasteiger partial charge in [-0.3, -0.25) is 0 Å². The second-order valence-electron chi connectivity index (χ2n) is 1.33. The van der Waals surface area contributed by atoms with Crippen molar-refractivity contribution in [3.05, 3.63) is 0 Å². The molecule has 0 nitrogen and oxygen atoms in total. The molecule has 0 N–H and O–H groups in total. The molecule has 0 aromatic carbocycles. The van der Waals surface area contributed by atoms with Crippen molar-refractivity contribution in [3.63, 3.8) is 0 Å². The highest BCUT2D eigenvalue weighted by molar-refractivity contribution is 6.20. The number of halogens is 4. The van der Waals surface area contributed by atoms with Crippen molar-refractivity contribution >= 4 is 23.2 Å². The first-order valence-corrected chi connectivity index (χ1v) is 3.13. The quantitative estimate of drug-likeness (QED) is 0.560. The van der Waals surface area contributed by atoms with Gasteiger partial charge in [-0.05, 0) is 6.42 Å². The van der Waals surface area contributed by atoms with E-state index in [2.05, 4.69) is 0 Å². The highest BCUT2D eigenvalue weighted by Gasteiger charge is 2.15. The molecule has 0 rings (SSSR count). The van der Waals surface area contributed by atoms with Crippen LogP contribution in [0.25, 0.3) is 0 Å². The predicted molar refractivity (Wildman–Crippen MR) is 31.0 cm³/mol. The Morgan fingerprint density at radius 3 is 2.00 bits per heavy atom. The van der Waals surface area contributed by atoms with Crippen molar-refractivity contribution in [3.8, 4) is 0 Å². The molecule has 2 unspecified atom stereocenters. The molecule has 8 heavy (non-hydrogen) atoms. The molecule has 0 aromatic rings. The van der Waals surface area contributed by atoms with E-state index in [-0.39, 0.29) is 12.3 Å². The van der Waals surface area contributed by atoms with Gasteiger partial charge in [-0.25, -0.2) is 8.78 Å².